The first kappa shape index (κ1) is 17.2. The number of imidazole rings is 1. The molecule has 1 aliphatic rings. The molecule has 0 spiro atoms. The lowest BCUT2D eigenvalue weighted by Crippen LogP contribution is -2.42. The van der Waals surface area contributed by atoms with Crippen molar-refractivity contribution in [3.05, 3.63) is 34.6 Å². The number of non-ortho nitro benzene ring substituents is 1. The van der Waals surface area contributed by atoms with E-state index in [4.69, 9.17) is 4.74 Å². The fourth-order valence-corrected chi connectivity index (χ4v) is 3.07. The first-order valence-electron chi connectivity index (χ1n) is 8.33. The Morgan fingerprint density at radius 3 is 2.60 bits per heavy atom. The highest BCUT2D eigenvalue weighted by Gasteiger charge is 2.28. The fourth-order valence-electron chi connectivity index (χ4n) is 3.07. The molecule has 8 heteroatoms. The molecule has 1 saturated heterocycles. The number of nitro groups is 1. The van der Waals surface area contributed by atoms with Gasteiger partial charge in [0.25, 0.3) is 5.69 Å². The molecule has 1 aromatic carbocycles. The fraction of sp³-hybridized carbons (Fsp3) is 0.529. The van der Waals surface area contributed by atoms with Gasteiger partial charge in [0.15, 0.2) is 0 Å². The van der Waals surface area contributed by atoms with Gasteiger partial charge in [0.05, 0.1) is 22.3 Å². The van der Waals surface area contributed by atoms with Crippen LogP contribution in [0, 0.1) is 10.1 Å². The maximum atomic E-state index is 12.1. The number of nitrogens with zero attached hydrogens (tertiary/aromatic N) is 4. The van der Waals surface area contributed by atoms with E-state index >= 15 is 0 Å². The largest absolute Gasteiger partial charge is 0.444 e. The van der Waals surface area contributed by atoms with Crippen LogP contribution in [0.5, 0.6) is 0 Å². The van der Waals surface area contributed by atoms with Crippen molar-refractivity contribution in [1.29, 1.82) is 0 Å². The molecule has 1 aliphatic heterocycles. The van der Waals surface area contributed by atoms with Gasteiger partial charge in [0.1, 0.15) is 5.60 Å². The number of hydrogen-bond acceptors (Lipinski definition) is 5. The molecule has 0 N–H and O–H groups in total. The van der Waals surface area contributed by atoms with Gasteiger partial charge < -0.3 is 14.2 Å². The summed E-state index contributed by atoms with van der Waals surface area (Å²) in [6, 6.07) is 4.85. The Morgan fingerprint density at radius 1 is 1.32 bits per heavy atom. The van der Waals surface area contributed by atoms with Crippen LogP contribution in [0.1, 0.15) is 39.7 Å². The van der Waals surface area contributed by atoms with E-state index in [1.54, 1.807) is 23.4 Å². The van der Waals surface area contributed by atoms with Crippen molar-refractivity contribution in [3.63, 3.8) is 0 Å². The molecule has 0 radical (unpaired) electrons. The van der Waals surface area contributed by atoms with Crippen LogP contribution in [0.25, 0.3) is 11.0 Å². The molecule has 1 amide bonds. The van der Waals surface area contributed by atoms with Gasteiger partial charge in [-0.05, 0) is 39.7 Å². The Bertz CT molecular complexity index is 801. The number of fused-ring (bicyclic) bond motifs is 1. The molecule has 134 valence electrons. The lowest BCUT2D eigenvalue weighted by molar-refractivity contribution is -0.384. The summed E-state index contributed by atoms with van der Waals surface area (Å²) in [5, 5.41) is 11.0. The van der Waals surface area contributed by atoms with Crippen LogP contribution in [0.3, 0.4) is 0 Å². The van der Waals surface area contributed by atoms with E-state index in [1.807, 2.05) is 25.3 Å². The molecule has 8 nitrogen and oxygen atoms in total. The number of rotatable bonds is 2. The zero-order valence-corrected chi connectivity index (χ0v) is 14.6. The zero-order valence-electron chi connectivity index (χ0n) is 14.6. The van der Waals surface area contributed by atoms with Crippen molar-refractivity contribution in [2.75, 3.05) is 13.1 Å². The number of piperidine rings is 1. The predicted octanol–water partition coefficient (Wildman–Crippen LogP) is 3.52. The highest BCUT2D eigenvalue weighted by molar-refractivity contribution is 5.78. The third-order valence-corrected chi connectivity index (χ3v) is 4.28. The number of nitro benzene ring substituents is 1. The molecule has 0 unspecified atom stereocenters. The molecule has 0 saturated carbocycles. The van der Waals surface area contributed by atoms with Crippen molar-refractivity contribution < 1.29 is 14.5 Å². The van der Waals surface area contributed by atoms with Gasteiger partial charge >= 0.3 is 6.09 Å². The summed E-state index contributed by atoms with van der Waals surface area (Å²) in [4.78, 5) is 28.8. The monoisotopic (exact) mass is 346 g/mol. The number of amides is 1. The second-order valence-electron chi connectivity index (χ2n) is 7.28. The minimum absolute atomic E-state index is 0.0560. The summed E-state index contributed by atoms with van der Waals surface area (Å²) in [7, 11) is 0. The van der Waals surface area contributed by atoms with Gasteiger partial charge in [-0.15, -0.1) is 0 Å². The Kier molecular flexibility index (Phi) is 4.36. The number of likely N-dealkylation sites (tertiary alicyclic amines) is 1. The Morgan fingerprint density at radius 2 is 2.00 bits per heavy atom. The van der Waals surface area contributed by atoms with Gasteiger partial charge in [-0.3, -0.25) is 10.1 Å². The van der Waals surface area contributed by atoms with Crippen LogP contribution in [0.2, 0.25) is 0 Å². The average molecular weight is 346 g/mol. The molecular formula is C17H22N4O4. The van der Waals surface area contributed by atoms with E-state index < -0.39 is 10.5 Å². The van der Waals surface area contributed by atoms with Crippen molar-refractivity contribution in [2.45, 2.75) is 45.3 Å². The van der Waals surface area contributed by atoms with Gasteiger partial charge in [-0.1, -0.05) is 0 Å². The first-order valence-corrected chi connectivity index (χ1v) is 8.33. The maximum absolute atomic E-state index is 12.1. The van der Waals surface area contributed by atoms with Gasteiger partial charge in [-0.2, -0.15) is 0 Å². The number of carbonyl (C=O) groups excluding carboxylic acids is 1. The van der Waals surface area contributed by atoms with Gasteiger partial charge in [-0.25, -0.2) is 9.78 Å². The molecule has 3 rings (SSSR count). The summed E-state index contributed by atoms with van der Waals surface area (Å²) in [5.41, 5.74) is 1.04. The van der Waals surface area contributed by atoms with Crippen LogP contribution in [0.4, 0.5) is 10.5 Å². The normalized spacial score (nSPS) is 16.2. The highest BCUT2D eigenvalue weighted by Crippen LogP contribution is 2.29. The molecule has 1 fully saturated rings. The Labute approximate surface area is 145 Å². The van der Waals surface area contributed by atoms with E-state index in [1.165, 1.54) is 6.07 Å². The van der Waals surface area contributed by atoms with E-state index in [2.05, 4.69) is 4.98 Å². The smallest absolute Gasteiger partial charge is 0.410 e. The van der Waals surface area contributed by atoms with E-state index in [9.17, 15) is 14.9 Å². The van der Waals surface area contributed by atoms with Crippen LogP contribution in [-0.2, 0) is 4.74 Å². The summed E-state index contributed by atoms with van der Waals surface area (Å²) in [6.45, 7) is 6.73. The van der Waals surface area contributed by atoms with Crippen LogP contribution in [0.15, 0.2) is 24.5 Å². The third kappa shape index (κ3) is 3.72. The summed E-state index contributed by atoms with van der Waals surface area (Å²) < 4.78 is 7.39. The van der Waals surface area contributed by atoms with Crippen molar-refractivity contribution >= 4 is 22.8 Å². The lowest BCUT2D eigenvalue weighted by Gasteiger charge is -2.34. The molecule has 1 aromatic heterocycles. The average Bonchev–Trinajstić information content (AvgIpc) is 2.96. The summed E-state index contributed by atoms with van der Waals surface area (Å²) in [5.74, 6) is 0. The number of hydrogen-bond donors (Lipinski definition) is 0. The van der Waals surface area contributed by atoms with E-state index in [0.29, 0.717) is 13.1 Å². The van der Waals surface area contributed by atoms with E-state index in [0.717, 1.165) is 23.9 Å². The number of aromatic nitrogens is 2. The highest BCUT2D eigenvalue weighted by atomic mass is 16.6. The number of benzene rings is 1. The third-order valence-electron chi connectivity index (χ3n) is 4.28. The Balaban J connectivity index is 1.73. The van der Waals surface area contributed by atoms with E-state index in [-0.39, 0.29) is 17.8 Å². The summed E-state index contributed by atoms with van der Waals surface area (Å²) in [6.07, 6.45) is 2.94. The van der Waals surface area contributed by atoms with Crippen LogP contribution in [-0.4, -0.2) is 44.2 Å². The van der Waals surface area contributed by atoms with Gasteiger partial charge in [0, 0.05) is 31.3 Å². The number of carbonyl (C=O) groups is 1. The molecule has 25 heavy (non-hydrogen) atoms. The SMILES string of the molecule is CC(C)(C)OC(=O)N1CCC(n2cnc3ccc([N+](=O)[O-])cc32)CC1. The van der Waals surface area contributed by atoms with Crippen molar-refractivity contribution in [1.82, 2.24) is 14.5 Å². The quantitative estimate of drug-likeness (QED) is 0.613. The molecular weight excluding hydrogens is 324 g/mol. The first-order chi connectivity index (χ1) is 11.7. The zero-order chi connectivity index (χ0) is 18.2. The second-order valence-corrected chi connectivity index (χ2v) is 7.28. The van der Waals surface area contributed by atoms with Gasteiger partial charge in [0.2, 0.25) is 0 Å². The molecule has 0 aliphatic carbocycles. The maximum Gasteiger partial charge on any atom is 0.410 e. The second kappa shape index (κ2) is 6.34. The molecule has 2 heterocycles. The standard InChI is InChI=1S/C17H22N4O4/c1-17(2,3)25-16(22)19-8-6-12(7-9-19)20-11-18-14-5-4-13(21(23)24)10-15(14)20/h4-5,10-12H,6-9H2,1-3H3. The topological polar surface area (TPSA) is 90.5 Å². The minimum atomic E-state index is -0.507. The van der Waals surface area contributed by atoms with Crippen molar-refractivity contribution in [2.24, 2.45) is 0 Å². The van der Waals surface area contributed by atoms with Crippen molar-refractivity contribution in [3.8, 4) is 0 Å². The molecule has 0 bridgehead atoms. The number of ether oxygens (including phenoxy) is 1. The minimum Gasteiger partial charge on any atom is -0.444 e. The molecule has 2 aromatic rings. The predicted molar refractivity (Wildman–Crippen MR) is 92.5 cm³/mol. The molecule has 0 atom stereocenters. The Hall–Kier alpha value is -2.64. The van der Waals surface area contributed by atoms with Crippen LogP contribution < -0.4 is 0 Å². The van der Waals surface area contributed by atoms with Crippen LogP contribution >= 0.6 is 0 Å². The lowest BCUT2D eigenvalue weighted by atomic mass is 10.0. The summed E-state index contributed by atoms with van der Waals surface area (Å²) >= 11 is 0.